The quantitative estimate of drug-likeness (QED) is 0.474. The highest BCUT2D eigenvalue weighted by atomic mass is 32.5. The van der Waals surface area contributed by atoms with Crippen molar-refractivity contribution in [2.75, 3.05) is 13.2 Å². The van der Waals surface area contributed by atoms with Crippen molar-refractivity contribution < 1.29 is 13.5 Å². The molecule has 1 aromatic heterocycles. The Balaban J connectivity index is 2.21. The summed E-state index contributed by atoms with van der Waals surface area (Å²) in [6.45, 7) is 1.81. The first-order chi connectivity index (χ1) is 10.6. The number of nitrogens with zero attached hydrogens (tertiary/aromatic N) is 1. The number of nitrogens with one attached hydrogen (secondary N) is 1. The lowest BCUT2D eigenvalue weighted by Crippen LogP contribution is -2.12. The Morgan fingerprint density at radius 3 is 2.68 bits per heavy atom. The molecule has 0 aliphatic carbocycles. The first-order valence-electron chi connectivity index (χ1n) is 6.79. The van der Waals surface area contributed by atoms with E-state index >= 15 is 0 Å². The van der Waals surface area contributed by atoms with Crippen molar-refractivity contribution in [1.29, 1.82) is 0 Å². The molecule has 0 aliphatic heterocycles. The highest BCUT2D eigenvalue weighted by Gasteiger charge is 2.16. The molecule has 0 saturated carbocycles. The second kappa shape index (κ2) is 7.65. The number of benzene rings is 1. The van der Waals surface area contributed by atoms with Gasteiger partial charge in [-0.2, -0.15) is 5.10 Å². The van der Waals surface area contributed by atoms with E-state index in [0.29, 0.717) is 29.7 Å². The van der Waals surface area contributed by atoms with Crippen molar-refractivity contribution in [3.05, 3.63) is 46.3 Å². The minimum Gasteiger partial charge on any atom is -0.463 e. The fraction of sp³-hybridized carbons (Fsp3) is 0.286. The number of rotatable bonds is 7. The molecule has 2 aromatic rings. The molecule has 0 atom stereocenters. The van der Waals surface area contributed by atoms with Crippen LogP contribution in [0.25, 0.3) is 11.0 Å². The first kappa shape index (κ1) is 16.8. The zero-order chi connectivity index (χ0) is 16.0. The lowest BCUT2D eigenvalue weighted by Gasteiger charge is -2.19. The van der Waals surface area contributed by atoms with Crippen LogP contribution in [0.15, 0.2) is 44.8 Å². The van der Waals surface area contributed by atoms with Gasteiger partial charge in [0.25, 0.3) is 0 Å². The van der Waals surface area contributed by atoms with Gasteiger partial charge < -0.3 is 13.5 Å². The largest absolute Gasteiger partial charge is 0.463 e. The van der Waals surface area contributed by atoms with Crippen molar-refractivity contribution in [2.24, 2.45) is 5.10 Å². The van der Waals surface area contributed by atoms with Gasteiger partial charge in [-0.25, -0.2) is 5.20 Å². The molecule has 6 nitrogen and oxygen atoms in total. The van der Waals surface area contributed by atoms with E-state index in [1.54, 1.807) is 24.3 Å². The van der Waals surface area contributed by atoms with E-state index in [9.17, 15) is 4.79 Å². The second-order valence-electron chi connectivity index (χ2n) is 4.21. The van der Waals surface area contributed by atoms with Gasteiger partial charge >= 0.3 is 6.64 Å². The van der Waals surface area contributed by atoms with Crippen LogP contribution in [0.2, 0.25) is 0 Å². The van der Waals surface area contributed by atoms with Crippen molar-refractivity contribution in [1.82, 2.24) is 5.20 Å². The summed E-state index contributed by atoms with van der Waals surface area (Å²) in [6, 6.07) is 7.03. The molecule has 2 rings (SSSR count). The average molecular weight is 340 g/mol. The van der Waals surface area contributed by atoms with Gasteiger partial charge in [0.05, 0.1) is 30.4 Å². The monoisotopic (exact) mass is 340 g/mol. The van der Waals surface area contributed by atoms with Crippen molar-refractivity contribution in [3.8, 4) is 0 Å². The minimum atomic E-state index is -2.67. The molecule has 0 unspecified atom stereocenters. The van der Waals surface area contributed by atoms with Gasteiger partial charge in [0, 0.05) is 0 Å². The van der Waals surface area contributed by atoms with Crippen molar-refractivity contribution >= 4 is 35.6 Å². The van der Waals surface area contributed by atoms with E-state index in [0.717, 1.165) is 0 Å². The molecule has 22 heavy (non-hydrogen) atoms. The number of hydrazone groups is 1. The summed E-state index contributed by atoms with van der Waals surface area (Å²) in [7, 11) is 0. The molecular formula is C14H17N2O4PS. The van der Waals surface area contributed by atoms with Crippen LogP contribution < -0.4 is 10.6 Å². The molecule has 8 heteroatoms. The summed E-state index contributed by atoms with van der Waals surface area (Å²) >= 11 is 5.27. The fourth-order valence-electron chi connectivity index (χ4n) is 1.79. The number of hydrogen-bond acceptors (Lipinski definition) is 6. The van der Waals surface area contributed by atoms with E-state index in [4.69, 9.17) is 25.3 Å². The molecule has 1 heterocycles. The summed E-state index contributed by atoms with van der Waals surface area (Å²) in [6.07, 6.45) is 2.72. The van der Waals surface area contributed by atoms with E-state index in [2.05, 4.69) is 10.3 Å². The van der Waals surface area contributed by atoms with Gasteiger partial charge in [0.1, 0.15) is 11.8 Å². The Bertz CT molecular complexity index is 765. The summed E-state index contributed by atoms with van der Waals surface area (Å²) in [5.74, 6) is 0. The van der Waals surface area contributed by atoms with Crippen LogP contribution in [-0.2, 0) is 20.9 Å². The van der Waals surface area contributed by atoms with Gasteiger partial charge in [-0.15, -0.1) is 0 Å². The molecule has 118 valence electrons. The van der Waals surface area contributed by atoms with E-state index in [1.165, 1.54) is 12.5 Å². The van der Waals surface area contributed by atoms with Crippen LogP contribution in [0, 0.1) is 0 Å². The Kier molecular flexibility index (Phi) is 5.85. The highest BCUT2D eigenvalue weighted by molar-refractivity contribution is 8.08. The van der Waals surface area contributed by atoms with E-state index in [1.807, 2.05) is 13.8 Å². The predicted molar refractivity (Wildman–Crippen MR) is 90.8 cm³/mol. The van der Waals surface area contributed by atoms with E-state index in [-0.39, 0.29) is 5.43 Å². The molecule has 0 bridgehead atoms. The topological polar surface area (TPSA) is 73.1 Å². The summed E-state index contributed by atoms with van der Waals surface area (Å²) < 4.78 is 16.2. The molecule has 0 spiro atoms. The number of para-hydroxylation sites is 1. The Labute approximate surface area is 133 Å². The van der Waals surface area contributed by atoms with Crippen molar-refractivity contribution in [3.63, 3.8) is 0 Å². The average Bonchev–Trinajstić information content (AvgIpc) is 2.50. The van der Waals surface area contributed by atoms with Crippen LogP contribution in [-0.4, -0.2) is 19.4 Å². The van der Waals surface area contributed by atoms with Crippen molar-refractivity contribution in [2.45, 2.75) is 13.8 Å². The van der Waals surface area contributed by atoms with Crippen LogP contribution in [0.4, 0.5) is 0 Å². The zero-order valence-electron chi connectivity index (χ0n) is 12.3. The standard InChI is InChI=1S/C14H17N2O4PS/c1-3-19-21(22,20-4-2)16-15-9-11-10-18-13-8-6-5-7-12(13)14(11)17/h5-10H,3-4H2,1-2H3,(H,16,22). The van der Waals surface area contributed by atoms with Crippen LogP contribution in [0.1, 0.15) is 19.4 Å². The highest BCUT2D eigenvalue weighted by Crippen LogP contribution is 2.43. The Morgan fingerprint density at radius 1 is 1.32 bits per heavy atom. The Morgan fingerprint density at radius 2 is 2.00 bits per heavy atom. The number of hydrogen-bond donors (Lipinski definition) is 1. The molecular weight excluding hydrogens is 323 g/mol. The first-order valence-corrected chi connectivity index (χ1v) is 9.43. The smallest absolute Gasteiger partial charge is 0.303 e. The van der Waals surface area contributed by atoms with Gasteiger partial charge in [0.2, 0.25) is 5.43 Å². The Hall–Kier alpha value is -1.53. The molecule has 1 aromatic carbocycles. The van der Waals surface area contributed by atoms with Crippen LogP contribution in [0.3, 0.4) is 0 Å². The third-order valence-electron chi connectivity index (χ3n) is 2.69. The molecule has 0 saturated heterocycles. The fourth-order valence-corrected chi connectivity index (χ4v) is 3.63. The maximum Gasteiger partial charge on any atom is 0.303 e. The third kappa shape index (κ3) is 4.01. The lowest BCUT2D eigenvalue weighted by atomic mass is 10.2. The SMILES string of the molecule is CCOP(=S)(NN=Cc1coc2ccccc2c1=O)OCC. The van der Waals surface area contributed by atoms with Gasteiger partial charge in [0.15, 0.2) is 0 Å². The van der Waals surface area contributed by atoms with Gasteiger partial charge in [-0.05, 0) is 37.8 Å². The lowest BCUT2D eigenvalue weighted by molar-refractivity contribution is 0.259. The number of fused-ring (bicyclic) bond motifs is 1. The molecule has 0 amide bonds. The zero-order valence-corrected chi connectivity index (χ0v) is 14.0. The van der Waals surface area contributed by atoms with Gasteiger partial charge in [-0.1, -0.05) is 12.1 Å². The summed E-state index contributed by atoms with van der Waals surface area (Å²) in [4.78, 5) is 12.3. The van der Waals surface area contributed by atoms with E-state index < -0.39 is 6.64 Å². The summed E-state index contributed by atoms with van der Waals surface area (Å²) in [5, 5.41) is 7.17. The predicted octanol–water partition coefficient (Wildman–Crippen LogP) is 3.01. The van der Waals surface area contributed by atoms with Gasteiger partial charge in [-0.3, -0.25) is 4.79 Å². The minimum absolute atomic E-state index is 0.159. The molecule has 1 N–H and O–H groups in total. The maximum atomic E-state index is 12.3. The normalized spacial score (nSPS) is 12.1. The van der Waals surface area contributed by atoms with Crippen LogP contribution in [0.5, 0.6) is 0 Å². The maximum absolute atomic E-state index is 12.3. The third-order valence-corrected chi connectivity index (χ3v) is 5.12. The molecule has 0 aliphatic rings. The molecule has 0 fully saturated rings. The second-order valence-corrected chi connectivity index (χ2v) is 7.36. The van der Waals surface area contributed by atoms with Crippen LogP contribution >= 0.6 is 6.64 Å². The summed E-state index contributed by atoms with van der Waals surface area (Å²) in [5.41, 5.74) is 0.695. The molecule has 0 radical (unpaired) electrons.